The van der Waals surface area contributed by atoms with Crippen molar-refractivity contribution in [2.75, 3.05) is 50.5 Å². The molecule has 0 aromatic heterocycles. The number of carbonyl (C=O) groups excluding carboxylic acids is 3. The van der Waals surface area contributed by atoms with E-state index in [-0.39, 0.29) is 17.7 Å². The van der Waals surface area contributed by atoms with Gasteiger partial charge < -0.3 is 20.0 Å². The summed E-state index contributed by atoms with van der Waals surface area (Å²) in [6.45, 7) is 4.32. The number of nitrogens with one attached hydrogen (secondary N) is 1. The van der Waals surface area contributed by atoms with E-state index in [0.29, 0.717) is 43.0 Å². The molecule has 7 nitrogen and oxygen atoms in total. The van der Waals surface area contributed by atoms with Crippen molar-refractivity contribution in [3.05, 3.63) is 59.7 Å². The first-order chi connectivity index (χ1) is 13.9. The van der Waals surface area contributed by atoms with Crippen molar-refractivity contribution >= 4 is 29.1 Å². The van der Waals surface area contributed by atoms with Crippen LogP contribution in [-0.2, 0) is 4.79 Å². The first kappa shape index (κ1) is 20.4. The first-order valence-corrected chi connectivity index (χ1v) is 9.59. The van der Waals surface area contributed by atoms with Gasteiger partial charge in [0.15, 0.2) is 0 Å². The second kappa shape index (κ2) is 8.77. The van der Waals surface area contributed by atoms with Crippen LogP contribution in [0.25, 0.3) is 0 Å². The maximum Gasteiger partial charge on any atom is 0.255 e. The predicted molar refractivity (Wildman–Crippen MR) is 113 cm³/mol. The summed E-state index contributed by atoms with van der Waals surface area (Å²) in [6.07, 6.45) is 0. The normalized spacial score (nSPS) is 13.8. The molecule has 1 heterocycles. The second-order valence-electron chi connectivity index (χ2n) is 7.24. The lowest BCUT2D eigenvalue weighted by atomic mass is 10.1. The molecule has 0 spiro atoms. The Labute approximate surface area is 170 Å². The van der Waals surface area contributed by atoms with Crippen molar-refractivity contribution < 1.29 is 14.4 Å². The van der Waals surface area contributed by atoms with Gasteiger partial charge in [0.05, 0.1) is 11.4 Å². The van der Waals surface area contributed by atoms with Gasteiger partial charge >= 0.3 is 0 Å². The van der Waals surface area contributed by atoms with Crippen LogP contribution in [0.4, 0.5) is 11.4 Å². The van der Waals surface area contributed by atoms with E-state index in [1.807, 2.05) is 29.2 Å². The summed E-state index contributed by atoms with van der Waals surface area (Å²) >= 11 is 0. The van der Waals surface area contributed by atoms with Crippen molar-refractivity contribution in [2.24, 2.45) is 0 Å². The fourth-order valence-electron chi connectivity index (χ4n) is 3.36. The number of amides is 3. The first-order valence-electron chi connectivity index (χ1n) is 9.59. The third-order valence-electron chi connectivity index (χ3n) is 5.00. The lowest BCUT2D eigenvalue weighted by molar-refractivity contribution is -0.129. The van der Waals surface area contributed by atoms with Crippen LogP contribution < -0.4 is 10.2 Å². The summed E-state index contributed by atoms with van der Waals surface area (Å²) in [7, 11) is 3.36. The van der Waals surface area contributed by atoms with Gasteiger partial charge in [-0.05, 0) is 30.3 Å². The average molecular weight is 394 g/mol. The number of piperazine rings is 1. The van der Waals surface area contributed by atoms with Gasteiger partial charge in [-0.3, -0.25) is 14.4 Å². The maximum absolute atomic E-state index is 12.8. The standard InChI is InChI=1S/C22H26N4O3/c1-16(27)25-11-13-26(14-12-25)20-10-5-4-9-19(20)23-21(28)17-7-6-8-18(15-17)22(29)24(2)3/h4-10,15H,11-14H2,1-3H3,(H,23,28). The van der Waals surface area contributed by atoms with E-state index in [2.05, 4.69) is 10.2 Å². The van der Waals surface area contributed by atoms with Crippen LogP contribution in [0.2, 0.25) is 0 Å². The smallest absolute Gasteiger partial charge is 0.255 e. The van der Waals surface area contributed by atoms with Gasteiger partial charge in [-0.15, -0.1) is 0 Å². The van der Waals surface area contributed by atoms with Crippen molar-refractivity contribution in [1.29, 1.82) is 0 Å². The highest BCUT2D eigenvalue weighted by molar-refractivity contribution is 6.07. The van der Waals surface area contributed by atoms with Gasteiger partial charge in [0.25, 0.3) is 11.8 Å². The molecule has 1 fully saturated rings. The third kappa shape index (κ3) is 4.74. The summed E-state index contributed by atoms with van der Waals surface area (Å²) in [5, 5.41) is 2.97. The molecule has 2 aromatic carbocycles. The molecule has 0 unspecified atom stereocenters. The number of hydrogen-bond donors (Lipinski definition) is 1. The van der Waals surface area contributed by atoms with Crippen molar-refractivity contribution in [1.82, 2.24) is 9.80 Å². The van der Waals surface area contributed by atoms with E-state index in [0.717, 1.165) is 5.69 Å². The number of rotatable bonds is 4. The Bertz CT molecular complexity index is 918. The molecule has 3 amide bonds. The summed E-state index contributed by atoms with van der Waals surface area (Å²) in [5.41, 5.74) is 2.52. The van der Waals surface area contributed by atoms with E-state index < -0.39 is 0 Å². The van der Waals surface area contributed by atoms with E-state index in [1.165, 1.54) is 4.90 Å². The van der Waals surface area contributed by atoms with Gasteiger partial charge in [-0.25, -0.2) is 0 Å². The molecular weight excluding hydrogens is 368 g/mol. The molecule has 0 radical (unpaired) electrons. The molecule has 0 saturated carbocycles. The van der Waals surface area contributed by atoms with Crippen LogP contribution >= 0.6 is 0 Å². The zero-order chi connectivity index (χ0) is 21.0. The largest absolute Gasteiger partial charge is 0.366 e. The fraction of sp³-hybridized carbons (Fsp3) is 0.318. The number of hydrogen-bond acceptors (Lipinski definition) is 4. The van der Waals surface area contributed by atoms with Crippen LogP contribution in [0.3, 0.4) is 0 Å². The third-order valence-corrected chi connectivity index (χ3v) is 5.00. The fourth-order valence-corrected chi connectivity index (χ4v) is 3.36. The van der Waals surface area contributed by atoms with Gasteiger partial charge in [0.1, 0.15) is 0 Å². The topological polar surface area (TPSA) is 73.0 Å². The molecular formula is C22H26N4O3. The highest BCUT2D eigenvalue weighted by Gasteiger charge is 2.21. The Morgan fingerprint density at radius 2 is 1.55 bits per heavy atom. The second-order valence-corrected chi connectivity index (χ2v) is 7.24. The minimum absolute atomic E-state index is 0.0818. The minimum Gasteiger partial charge on any atom is -0.366 e. The lowest BCUT2D eigenvalue weighted by Crippen LogP contribution is -2.48. The molecule has 1 N–H and O–H groups in total. The zero-order valence-electron chi connectivity index (χ0n) is 17.0. The Morgan fingerprint density at radius 1 is 0.897 bits per heavy atom. The summed E-state index contributed by atoms with van der Waals surface area (Å²) in [5.74, 6) is -0.338. The molecule has 0 atom stereocenters. The summed E-state index contributed by atoms with van der Waals surface area (Å²) in [4.78, 5) is 42.0. The molecule has 1 aliphatic heterocycles. The number of para-hydroxylation sites is 2. The lowest BCUT2D eigenvalue weighted by Gasteiger charge is -2.36. The molecule has 152 valence electrons. The number of nitrogens with zero attached hydrogens (tertiary/aromatic N) is 3. The molecule has 0 aliphatic carbocycles. The molecule has 0 bridgehead atoms. The minimum atomic E-state index is -0.270. The van der Waals surface area contributed by atoms with E-state index >= 15 is 0 Å². The SMILES string of the molecule is CC(=O)N1CCN(c2ccccc2NC(=O)c2cccc(C(=O)N(C)C)c2)CC1. The number of carbonyl (C=O) groups is 3. The van der Waals surface area contributed by atoms with Crippen LogP contribution in [0.5, 0.6) is 0 Å². The highest BCUT2D eigenvalue weighted by Crippen LogP contribution is 2.27. The van der Waals surface area contributed by atoms with Crippen LogP contribution in [0.15, 0.2) is 48.5 Å². The van der Waals surface area contributed by atoms with E-state index in [4.69, 9.17) is 0 Å². The molecule has 1 saturated heterocycles. The van der Waals surface area contributed by atoms with Crippen LogP contribution in [0.1, 0.15) is 27.6 Å². The maximum atomic E-state index is 12.8. The number of anilines is 2. The quantitative estimate of drug-likeness (QED) is 0.864. The van der Waals surface area contributed by atoms with Crippen LogP contribution in [0, 0.1) is 0 Å². The molecule has 3 rings (SSSR count). The summed E-state index contributed by atoms with van der Waals surface area (Å²) < 4.78 is 0. The monoisotopic (exact) mass is 394 g/mol. The van der Waals surface area contributed by atoms with E-state index in [9.17, 15) is 14.4 Å². The average Bonchev–Trinajstić information content (AvgIpc) is 2.73. The van der Waals surface area contributed by atoms with Gasteiger partial charge in [0.2, 0.25) is 5.91 Å². The Morgan fingerprint density at radius 3 is 2.21 bits per heavy atom. The molecule has 1 aliphatic rings. The Hall–Kier alpha value is -3.35. The zero-order valence-corrected chi connectivity index (χ0v) is 17.0. The Kier molecular flexibility index (Phi) is 6.16. The van der Waals surface area contributed by atoms with Crippen molar-refractivity contribution in [3.8, 4) is 0 Å². The van der Waals surface area contributed by atoms with Gasteiger partial charge in [-0.2, -0.15) is 0 Å². The van der Waals surface area contributed by atoms with E-state index in [1.54, 1.807) is 45.3 Å². The predicted octanol–water partition coefficient (Wildman–Crippen LogP) is 2.31. The molecule has 29 heavy (non-hydrogen) atoms. The van der Waals surface area contributed by atoms with Gasteiger partial charge in [0, 0.05) is 58.3 Å². The molecule has 7 heteroatoms. The number of benzene rings is 2. The molecule has 2 aromatic rings. The highest BCUT2D eigenvalue weighted by atomic mass is 16.2. The van der Waals surface area contributed by atoms with Gasteiger partial charge in [-0.1, -0.05) is 18.2 Å². The Balaban J connectivity index is 1.76. The van der Waals surface area contributed by atoms with Crippen molar-refractivity contribution in [2.45, 2.75) is 6.92 Å². The van der Waals surface area contributed by atoms with Crippen LogP contribution in [-0.4, -0.2) is 67.8 Å². The summed E-state index contributed by atoms with van der Waals surface area (Å²) in [6, 6.07) is 14.3. The van der Waals surface area contributed by atoms with Crippen molar-refractivity contribution in [3.63, 3.8) is 0 Å².